The van der Waals surface area contributed by atoms with Gasteiger partial charge in [0.1, 0.15) is 0 Å². The second kappa shape index (κ2) is 6.81. The molecule has 0 saturated carbocycles. The SMILES string of the molecule is Cc1cnn([C@H](C)CNS(=O)(=O)c2cc(-c3ccno3)ccc2C)c1. The number of hydrogen-bond acceptors (Lipinski definition) is 5. The molecule has 25 heavy (non-hydrogen) atoms. The predicted molar refractivity (Wildman–Crippen MR) is 93.5 cm³/mol. The molecule has 7 nitrogen and oxygen atoms in total. The minimum absolute atomic E-state index is 0.0961. The summed E-state index contributed by atoms with van der Waals surface area (Å²) in [4.78, 5) is 0.227. The molecule has 0 radical (unpaired) electrons. The van der Waals surface area contributed by atoms with E-state index in [0.29, 0.717) is 16.9 Å². The van der Waals surface area contributed by atoms with E-state index in [0.717, 1.165) is 5.56 Å². The number of rotatable bonds is 6. The van der Waals surface area contributed by atoms with E-state index in [2.05, 4.69) is 15.0 Å². The van der Waals surface area contributed by atoms with Gasteiger partial charge >= 0.3 is 0 Å². The van der Waals surface area contributed by atoms with Crippen molar-refractivity contribution in [2.75, 3.05) is 6.54 Å². The van der Waals surface area contributed by atoms with Gasteiger partial charge in [-0.3, -0.25) is 4.68 Å². The molecule has 0 bridgehead atoms. The summed E-state index contributed by atoms with van der Waals surface area (Å²) < 4.78 is 35.0. The first kappa shape index (κ1) is 17.4. The highest BCUT2D eigenvalue weighted by Crippen LogP contribution is 2.25. The Morgan fingerprint density at radius 3 is 2.72 bits per heavy atom. The lowest BCUT2D eigenvalue weighted by Crippen LogP contribution is -2.30. The number of nitrogens with one attached hydrogen (secondary N) is 1. The Morgan fingerprint density at radius 2 is 2.08 bits per heavy atom. The van der Waals surface area contributed by atoms with Crippen LogP contribution in [0.25, 0.3) is 11.3 Å². The summed E-state index contributed by atoms with van der Waals surface area (Å²) in [5.41, 5.74) is 2.36. The van der Waals surface area contributed by atoms with Crippen molar-refractivity contribution in [3.05, 3.63) is 54.0 Å². The van der Waals surface area contributed by atoms with Gasteiger partial charge < -0.3 is 4.52 Å². The first-order valence-electron chi connectivity index (χ1n) is 7.89. The van der Waals surface area contributed by atoms with Crippen molar-refractivity contribution in [2.45, 2.75) is 31.7 Å². The quantitative estimate of drug-likeness (QED) is 0.730. The summed E-state index contributed by atoms with van der Waals surface area (Å²) in [5.74, 6) is 0.525. The lowest BCUT2D eigenvalue weighted by Gasteiger charge is -2.15. The Hall–Kier alpha value is -2.45. The third kappa shape index (κ3) is 3.80. The molecule has 0 aliphatic carbocycles. The number of nitrogens with zero attached hydrogens (tertiary/aromatic N) is 3. The second-order valence-electron chi connectivity index (χ2n) is 6.06. The van der Waals surface area contributed by atoms with Crippen LogP contribution in [0.4, 0.5) is 0 Å². The maximum absolute atomic E-state index is 12.7. The van der Waals surface area contributed by atoms with E-state index in [1.54, 1.807) is 36.0 Å². The Kier molecular flexibility index (Phi) is 4.73. The van der Waals surface area contributed by atoms with Crippen molar-refractivity contribution in [1.82, 2.24) is 19.7 Å². The van der Waals surface area contributed by atoms with E-state index in [-0.39, 0.29) is 17.5 Å². The summed E-state index contributed by atoms with van der Waals surface area (Å²) in [7, 11) is -3.65. The molecule has 0 fully saturated rings. The van der Waals surface area contributed by atoms with Crippen molar-refractivity contribution >= 4 is 10.0 Å². The average Bonchev–Trinajstić information content (AvgIpc) is 3.24. The zero-order chi connectivity index (χ0) is 18.0. The van der Waals surface area contributed by atoms with Crippen LogP contribution in [-0.2, 0) is 10.0 Å². The van der Waals surface area contributed by atoms with E-state index in [1.165, 1.54) is 6.20 Å². The molecule has 3 aromatic rings. The highest BCUT2D eigenvalue weighted by molar-refractivity contribution is 7.89. The molecule has 8 heteroatoms. The molecular formula is C17H20N4O3S. The Labute approximate surface area is 146 Å². The highest BCUT2D eigenvalue weighted by atomic mass is 32.2. The van der Waals surface area contributed by atoms with Gasteiger partial charge in [0.25, 0.3) is 0 Å². The Morgan fingerprint density at radius 1 is 1.28 bits per heavy atom. The summed E-state index contributed by atoms with van der Waals surface area (Å²) in [6, 6.07) is 6.76. The lowest BCUT2D eigenvalue weighted by atomic mass is 10.1. The van der Waals surface area contributed by atoms with Crippen molar-refractivity contribution in [3.8, 4) is 11.3 Å². The van der Waals surface area contributed by atoms with Gasteiger partial charge in [-0.25, -0.2) is 13.1 Å². The molecule has 132 valence electrons. The molecule has 0 spiro atoms. The second-order valence-corrected chi connectivity index (χ2v) is 7.79. The lowest BCUT2D eigenvalue weighted by molar-refractivity contribution is 0.432. The van der Waals surface area contributed by atoms with Crippen LogP contribution in [0.5, 0.6) is 0 Å². The van der Waals surface area contributed by atoms with Crippen LogP contribution in [0.3, 0.4) is 0 Å². The topological polar surface area (TPSA) is 90.0 Å². The monoisotopic (exact) mass is 360 g/mol. The minimum atomic E-state index is -3.65. The van der Waals surface area contributed by atoms with Gasteiger partial charge in [-0.2, -0.15) is 5.10 Å². The van der Waals surface area contributed by atoms with Crippen LogP contribution in [0.15, 0.2) is 52.3 Å². The Bertz CT molecular complexity index is 962. The molecule has 0 aliphatic rings. The van der Waals surface area contributed by atoms with Crippen molar-refractivity contribution < 1.29 is 12.9 Å². The minimum Gasteiger partial charge on any atom is -0.356 e. The molecular weight excluding hydrogens is 340 g/mol. The molecule has 0 amide bonds. The van der Waals surface area contributed by atoms with Gasteiger partial charge in [0, 0.05) is 24.4 Å². The van der Waals surface area contributed by atoms with Crippen molar-refractivity contribution in [1.29, 1.82) is 0 Å². The molecule has 2 aromatic heterocycles. The van der Waals surface area contributed by atoms with Gasteiger partial charge in [-0.1, -0.05) is 17.3 Å². The molecule has 3 rings (SSSR count). The maximum Gasteiger partial charge on any atom is 0.240 e. The van der Waals surface area contributed by atoms with Gasteiger partial charge in [0.15, 0.2) is 5.76 Å². The fourth-order valence-corrected chi connectivity index (χ4v) is 3.87. The molecule has 0 aliphatic heterocycles. The third-order valence-corrected chi connectivity index (χ3v) is 5.52. The van der Waals surface area contributed by atoms with Crippen LogP contribution in [-0.4, -0.2) is 29.9 Å². The molecule has 0 saturated heterocycles. The first-order valence-corrected chi connectivity index (χ1v) is 9.37. The largest absolute Gasteiger partial charge is 0.356 e. The van der Waals surface area contributed by atoms with Crippen molar-refractivity contribution in [2.24, 2.45) is 0 Å². The van der Waals surface area contributed by atoms with Gasteiger partial charge in [0.05, 0.1) is 23.3 Å². The highest BCUT2D eigenvalue weighted by Gasteiger charge is 2.20. The summed E-state index contributed by atoms with van der Waals surface area (Å²) in [5, 5.41) is 7.88. The normalized spacial score (nSPS) is 13.1. The van der Waals surface area contributed by atoms with Crippen LogP contribution in [0.1, 0.15) is 24.1 Å². The first-order chi connectivity index (χ1) is 11.9. The number of aryl methyl sites for hydroxylation is 2. The zero-order valence-electron chi connectivity index (χ0n) is 14.3. The van der Waals surface area contributed by atoms with E-state index < -0.39 is 10.0 Å². The number of benzene rings is 1. The summed E-state index contributed by atoms with van der Waals surface area (Å²) >= 11 is 0. The van der Waals surface area contributed by atoms with Crippen LogP contribution >= 0.6 is 0 Å². The van der Waals surface area contributed by atoms with Crippen LogP contribution in [0.2, 0.25) is 0 Å². The van der Waals surface area contributed by atoms with E-state index >= 15 is 0 Å². The van der Waals surface area contributed by atoms with Crippen molar-refractivity contribution in [3.63, 3.8) is 0 Å². The van der Waals surface area contributed by atoms with Gasteiger partial charge in [-0.05, 0) is 38.0 Å². The van der Waals surface area contributed by atoms with Gasteiger partial charge in [0.2, 0.25) is 10.0 Å². The molecule has 0 unspecified atom stereocenters. The van der Waals surface area contributed by atoms with Gasteiger partial charge in [-0.15, -0.1) is 0 Å². The zero-order valence-corrected chi connectivity index (χ0v) is 15.1. The summed E-state index contributed by atoms with van der Waals surface area (Å²) in [6.07, 6.45) is 5.15. The average molecular weight is 360 g/mol. The van der Waals surface area contributed by atoms with E-state index in [1.807, 2.05) is 26.1 Å². The molecule has 2 heterocycles. The molecule has 1 atom stereocenters. The number of sulfonamides is 1. The van der Waals surface area contributed by atoms with E-state index in [4.69, 9.17) is 4.52 Å². The molecule has 1 N–H and O–H groups in total. The fourth-order valence-electron chi connectivity index (χ4n) is 2.48. The number of aromatic nitrogens is 3. The Balaban J connectivity index is 1.81. The smallest absolute Gasteiger partial charge is 0.240 e. The summed E-state index contributed by atoms with van der Waals surface area (Å²) in [6.45, 7) is 5.86. The number of hydrogen-bond donors (Lipinski definition) is 1. The maximum atomic E-state index is 12.7. The molecule has 1 aromatic carbocycles. The predicted octanol–water partition coefficient (Wildman–Crippen LogP) is 2.69. The third-order valence-electron chi connectivity index (χ3n) is 3.95. The standard InChI is InChI=1S/C17H20N4O3S/c1-12-9-18-21(11-12)14(3)10-20-25(22,23)17-8-15(5-4-13(17)2)16-6-7-19-24-16/h4-9,11,14,20H,10H2,1-3H3/t14-/m1/s1. The van der Waals surface area contributed by atoms with Crippen LogP contribution in [0, 0.1) is 13.8 Å². The fraction of sp³-hybridized carbons (Fsp3) is 0.294. The van der Waals surface area contributed by atoms with E-state index in [9.17, 15) is 8.42 Å². The van der Waals surface area contributed by atoms with Crippen LogP contribution < -0.4 is 4.72 Å².